The molecular weight excluding hydrogens is 228 g/mol. The molecule has 2 N–H and O–H groups in total. The summed E-state index contributed by atoms with van der Waals surface area (Å²) >= 11 is 5.82. The van der Waals surface area contributed by atoms with Gasteiger partial charge in [-0.3, -0.25) is 0 Å². The van der Waals surface area contributed by atoms with Crippen LogP contribution in [0.4, 0.5) is 11.5 Å². The van der Waals surface area contributed by atoms with Crippen LogP contribution in [0.2, 0.25) is 5.15 Å². The minimum Gasteiger partial charge on any atom is -0.396 e. The number of anilines is 2. The maximum Gasteiger partial charge on any atom is 0.161 e. The zero-order valence-corrected chi connectivity index (χ0v) is 9.31. The first kappa shape index (κ1) is 11.0. The smallest absolute Gasteiger partial charge is 0.161 e. The second-order valence-corrected chi connectivity index (χ2v) is 3.87. The van der Waals surface area contributed by atoms with Crippen LogP contribution in [0.3, 0.4) is 0 Å². The average molecular weight is 239 g/mol. The molecule has 1 aromatic heterocycles. The molecule has 0 amide bonds. The summed E-state index contributed by atoms with van der Waals surface area (Å²) in [7, 11) is 0. The molecule has 0 spiro atoms. The van der Waals surface area contributed by atoms with E-state index in [-0.39, 0.29) is 0 Å². The third kappa shape index (κ3) is 2.18. The molecule has 1 aliphatic heterocycles. The number of nitrogen functional groups attached to an aromatic ring is 1. The van der Waals surface area contributed by atoms with Crippen LogP contribution in [-0.4, -0.2) is 30.8 Å². The Kier molecular flexibility index (Phi) is 3.13. The molecule has 1 aromatic rings. The van der Waals surface area contributed by atoms with Crippen LogP contribution in [0.15, 0.2) is 12.1 Å². The molecule has 0 radical (unpaired) electrons. The standard InChI is InChI=1S/C10H11ClN4O/c11-9-2-1-8(13)10(14-9)15-3-4-16-7(5-12)6-15/h1-2,7H,3-4,6,13H2. The molecule has 0 aromatic carbocycles. The molecule has 0 saturated carbocycles. The largest absolute Gasteiger partial charge is 0.396 e. The lowest BCUT2D eigenvalue weighted by atomic mass is 10.2. The van der Waals surface area contributed by atoms with Gasteiger partial charge in [-0.15, -0.1) is 0 Å². The number of aromatic nitrogens is 1. The van der Waals surface area contributed by atoms with Gasteiger partial charge in [0.15, 0.2) is 11.9 Å². The van der Waals surface area contributed by atoms with E-state index >= 15 is 0 Å². The van der Waals surface area contributed by atoms with Gasteiger partial charge in [-0.2, -0.15) is 5.26 Å². The highest BCUT2D eigenvalue weighted by Gasteiger charge is 2.22. The van der Waals surface area contributed by atoms with Crippen LogP contribution in [0, 0.1) is 11.3 Å². The van der Waals surface area contributed by atoms with Gasteiger partial charge in [-0.1, -0.05) is 11.6 Å². The average Bonchev–Trinajstić information content (AvgIpc) is 2.32. The van der Waals surface area contributed by atoms with Crippen LogP contribution in [0.25, 0.3) is 0 Å². The Hall–Kier alpha value is -1.51. The lowest BCUT2D eigenvalue weighted by Crippen LogP contribution is -2.42. The molecule has 6 heteroatoms. The molecule has 1 fully saturated rings. The van der Waals surface area contributed by atoms with E-state index in [9.17, 15) is 0 Å². The number of nitrogens with two attached hydrogens (primary N) is 1. The van der Waals surface area contributed by atoms with Gasteiger partial charge in [0.1, 0.15) is 5.15 Å². The Morgan fingerprint density at radius 3 is 3.19 bits per heavy atom. The SMILES string of the molecule is N#CC1CN(c2nc(Cl)ccc2N)CCO1. The lowest BCUT2D eigenvalue weighted by Gasteiger charge is -2.31. The molecule has 0 bridgehead atoms. The first-order valence-corrected chi connectivity index (χ1v) is 5.26. The topological polar surface area (TPSA) is 75.2 Å². The van der Waals surface area contributed by atoms with E-state index in [1.165, 1.54) is 0 Å². The fraction of sp³-hybridized carbons (Fsp3) is 0.400. The second kappa shape index (κ2) is 4.56. The van der Waals surface area contributed by atoms with Gasteiger partial charge in [0.25, 0.3) is 0 Å². The molecule has 1 unspecified atom stereocenters. The van der Waals surface area contributed by atoms with E-state index in [1.54, 1.807) is 12.1 Å². The minimum absolute atomic E-state index is 0.393. The molecular formula is C10H11ClN4O. The summed E-state index contributed by atoms with van der Waals surface area (Å²) in [6.07, 6.45) is -0.436. The zero-order valence-electron chi connectivity index (χ0n) is 8.56. The first-order chi connectivity index (χ1) is 7.70. The van der Waals surface area contributed by atoms with Crippen LogP contribution in [0.1, 0.15) is 0 Å². The van der Waals surface area contributed by atoms with Crippen molar-refractivity contribution in [3.8, 4) is 6.07 Å². The number of nitriles is 1. The van der Waals surface area contributed by atoms with Gasteiger partial charge in [-0.05, 0) is 12.1 Å². The summed E-state index contributed by atoms with van der Waals surface area (Å²) in [5.74, 6) is 0.621. The van der Waals surface area contributed by atoms with Gasteiger partial charge in [0, 0.05) is 6.54 Å². The summed E-state index contributed by atoms with van der Waals surface area (Å²) in [6.45, 7) is 1.62. The first-order valence-electron chi connectivity index (χ1n) is 4.89. The summed E-state index contributed by atoms with van der Waals surface area (Å²) in [4.78, 5) is 6.08. The summed E-state index contributed by atoms with van der Waals surface area (Å²) in [6, 6.07) is 5.42. The van der Waals surface area contributed by atoms with E-state index in [2.05, 4.69) is 11.1 Å². The Labute approximate surface area is 98.4 Å². The molecule has 16 heavy (non-hydrogen) atoms. The number of rotatable bonds is 1. The number of nitrogens with zero attached hydrogens (tertiary/aromatic N) is 3. The van der Waals surface area contributed by atoms with E-state index in [0.29, 0.717) is 36.4 Å². The summed E-state index contributed by atoms with van der Waals surface area (Å²) < 4.78 is 5.24. The van der Waals surface area contributed by atoms with Crippen molar-refractivity contribution < 1.29 is 4.74 Å². The van der Waals surface area contributed by atoms with Gasteiger partial charge in [-0.25, -0.2) is 4.98 Å². The fourth-order valence-corrected chi connectivity index (χ4v) is 1.75. The monoisotopic (exact) mass is 238 g/mol. The highest BCUT2D eigenvalue weighted by atomic mass is 35.5. The molecule has 5 nitrogen and oxygen atoms in total. The van der Waals surface area contributed by atoms with Crippen molar-refractivity contribution in [2.45, 2.75) is 6.10 Å². The Morgan fingerprint density at radius 2 is 2.44 bits per heavy atom. The van der Waals surface area contributed by atoms with E-state index in [1.807, 2.05) is 4.90 Å². The van der Waals surface area contributed by atoms with Crippen LogP contribution in [-0.2, 0) is 4.74 Å². The number of halogens is 1. The fourth-order valence-electron chi connectivity index (χ4n) is 1.61. The van der Waals surface area contributed by atoms with Crippen molar-refractivity contribution in [2.75, 3.05) is 30.3 Å². The minimum atomic E-state index is -0.436. The maximum atomic E-state index is 8.80. The molecule has 1 atom stereocenters. The predicted octanol–water partition coefficient (Wildman–Crippen LogP) is 1.05. The van der Waals surface area contributed by atoms with Gasteiger partial charge < -0.3 is 15.4 Å². The number of hydrogen-bond donors (Lipinski definition) is 1. The van der Waals surface area contributed by atoms with Crippen LogP contribution >= 0.6 is 11.6 Å². The van der Waals surface area contributed by atoms with Crippen LogP contribution < -0.4 is 10.6 Å². The summed E-state index contributed by atoms with van der Waals surface area (Å²) in [5, 5.41) is 9.19. The van der Waals surface area contributed by atoms with Gasteiger partial charge >= 0.3 is 0 Å². The predicted molar refractivity (Wildman–Crippen MR) is 61.2 cm³/mol. The number of pyridine rings is 1. The molecule has 1 saturated heterocycles. The lowest BCUT2D eigenvalue weighted by molar-refractivity contribution is 0.0762. The van der Waals surface area contributed by atoms with Crippen molar-refractivity contribution >= 4 is 23.1 Å². The van der Waals surface area contributed by atoms with Gasteiger partial charge in [0.2, 0.25) is 0 Å². The van der Waals surface area contributed by atoms with Gasteiger partial charge in [0.05, 0.1) is 24.9 Å². The van der Waals surface area contributed by atoms with E-state index in [0.717, 1.165) is 0 Å². The Morgan fingerprint density at radius 1 is 1.62 bits per heavy atom. The maximum absolute atomic E-state index is 8.80. The Balaban J connectivity index is 2.23. The van der Waals surface area contributed by atoms with Crippen molar-refractivity contribution in [3.63, 3.8) is 0 Å². The highest BCUT2D eigenvalue weighted by Crippen LogP contribution is 2.24. The Bertz CT molecular complexity index is 431. The van der Waals surface area contributed by atoms with Crippen molar-refractivity contribution in [2.24, 2.45) is 0 Å². The highest BCUT2D eigenvalue weighted by molar-refractivity contribution is 6.29. The van der Waals surface area contributed by atoms with Crippen molar-refractivity contribution in [3.05, 3.63) is 17.3 Å². The molecule has 0 aliphatic carbocycles. The molecule has 84 valence electrons. The number of hydrogen-bond acceptors (Lipinski definition) is 5. The zero-order chi connectivity index (χ0) is 11.5. The molecule has 1 aliphatic rings. The molecule has 2 heterocycles. The second-order valence-electron chi connectivity index (χ2n) is 3.48. The normalized spacial score (nSPS) is 20.5. The van der Waals surface area contributed by atoms with Crippen LogP contribution in [0.5, 0.6) is 0 Å². The number of ether oxygens (including phenoxy) is 1. The molecule has 2 rings (SSSR count). The van der Waals surface area contributed by atoms with E-state index < -0.39 is 6.10 Å². The third-order valence-electron chi connectivity index (χ3n) is 2.38. The van der Waals surface area contributed by atoms with Crippen molar-refractivity contribution in [1.29, 1.82) is 5.26 Å². The quantitative estimate of drug-likeness (QED) is 0.740. The van der Waals surface area contributed by atoms with Crippen molar-refractivity contribution in [1.82, 2.24) is 4.98 Å². The number of morpholine rings is 1. The third-order valence-corrected chi connectivity index (χ3v) is 2.59. The summed E-state index contributed by atoms with van der Waals surface area (Å²) in [5.41, 5.74) is 6.38. The van der Waals surface area contributed by atoms with E-state index in [4.69, 9.17) is 27.3 Å².